The Morgan fingerprint density at radius 3 is 2.50 bits per heavy atom. The van der Waals surface area contributed by atoms with E-state index in [0.717, 1.165) is 16.4 Å². The summed E-state index contributed by atoms with van der Waals surface area (Å²) in [7, 11) is 0. The van der Waals surface area contributed by atoms with Gasteiger partial charge >= 0.3 is 0 Å². The summed E-state index contributed by atoms with van der Waals surface area (Å²) in [5.41, 5.74) is 7.83. The van der Waals surface area contributed by atoms with Crippen LogP contribution in [-0.2, 0) is 6.54 Å². The molecule has 0 unspecified atom stereocenters. The second kappa shape index (κ2) is 8.20. The van der Waals surface area contributed by atoms with E-state index < -0.39 is 0 Å². The molecule has 1 fully saturated rings. The Morgan fingerprint density at radius 2 is 1.75 bits per heavy atom. The number of nitrogens with one attached hydrogen (secondary N) is 2. The van der Waals surface area contributed by atoms with Crippen LogP contribution in [0.1, 0.15) is 44.1 Å². The Balaban J connectivity index is 1.67. The van der Waals surface area contributed by atoms with E-state index in [9.17, 15) is 0 Å². The van der Waals surface area contributed by atoms with Crippen LogP contribution in [0.3, 0.4) is 0 Å². The van der Waals surface area contributed by atoms with E-state index in [2.05, 4.69) is 20.6 Å². The number of hydrogen-bond acceptors (Lipinski definition) is 5. The van der Waals surface area contributed by atoms with Crippen molar-refractivity contribution < 1.29 is 0 Å². The number of rotatable bonds is 5. The third-order valence-electron chi connectivity index (χ3n) is 4.48. The average molecular weight is 346 g/mol. The molecular weight excluding hydrogens is 322 g/mol. The zero-order chi connectivity index (χ0) is 16.8. The van der Waals surface area contributed by atoms with Crippen molar-refractivity contribution in [2.24, 2.45) is 0 Å². The number of benzene rings is 1. The highest BCUT2D eigenvalue weighted by molar-refractivity contribution is 6.31. The van der Waals surface area contributed by atoms with Gasteiger partial charge in [-0.05, 0) is 24.5 Å². The largest absolute Gasteiger partial charge is 0.393 e. The second-order valence-electron chi connectivity index (χ2n) is 6.26. The Kier molecular flexibility index (Phi) is 5.75. The van der Waals surface area contributed by atoms with Crippen LogP contribution in [-0.4, -0.2) is 16.0 Å². The van der Waals surface area contributed by atoms with Gasteiger partial charge in [0.1, 0.15) is 12.0 Å². The minimum atomic E-state index is 0.445. The summed E-state index contributed by atoms with van der Waals surface area (Å²) in [4.78, 5) is 8.59. The number of nitrogen functional groups attached to an aromatic ring is 1. The van der Waals surface area contributed by atoms with Crippen LogP contribution < -0.4 is 16.4 Å². The standard InChI is InChI=1S/C18H24ClN5/c19-15-10-6-5-7-13(15)11-21-17-16(20)18(23-12-22-17)24-14-8-3-1-2-4-9-14/h5-7,10,12,14H,1-4,8-9,11,20H2,(H2,21,22,23,24). The average Bonchev–Trinajstić information content (AvgIpc) is 2.86. The molecule has 0 aliphatic heterocycles. The molecule has 1 aromatic carbocycles. The molecule has 0 bridgehead atoms. The van der Waals surface area contributed by atoms with Crippen LogP contribution >= 0.6 is 11.6 Å². The fraction of sp³-hybridized carbons (Fsp3) is 0.444. The maximum atomic E-state index is 6.26. The molecule has 1 aromatic heterocycles. The maximum Gasteiger partial charge on any atom is 0.155 e. The summed E-state index contributed by atoms with van der Waals surface area (Å²) in [6, 6.07) is 8.18. The van der Waals surface area contributed by atoms with Crippen LogP contribution in [0.25, 0.3) is 0 Å². The van der Waals surface area contributed by atoms with E-state index >= 15 is 0 Å². The summed E-state index contributed by atoms with van der Waals surface area (Å²) in [6.45, 7) is 0.573. The van der Waals surface area contributed by atoms with Crippen molar-refractivity contribution in [3.63, 3.8) is 0 Å². The van der Waals surface area contributed by atoms with Crippen molar-refractivity contribution in [3.05, 3.63) is 41.2 Å². The Labute approximate surface area is 148 Å². The van der Waals surface area contributed by atoms with Gasteiger partial charge in [-0.3, -0.25) is 0 Å². The molecule has 0 amide bonds. The van der Waals surface area contributed by atoms with Gasteiger partial charge < -0.3 is 16.4 Å². The molecule has 2 aromatic rings. The lowest BCUT2D eigenvalue weighted by Crippen LogP contribution is -2.20. The van der Waals surface area contributed by atoms with Crippen LogP contribution in [0, 0.1) is 0 Å². The van der Waals surface area contributed by atoms with Crippen LogP contribution in [0.2, 0.25) is 5.02 Å². The van der Waals surface area contributed by atoms with E-state index in [1.807, 2.05) is 24.3 Å². The SMILES string of the molecule is Nc1c(NCc2ccccc2Cl)ncnc1NC1CCCCCC1. The summed E-state index contributed by atoms with van der Waals surface area (Å²) >= 11 is 6.19. The van der Waals surface area contributed by atoms with E-state index in [1.165, 1.54) is 38.5 Å². The van der Waals surface area contributed by atoms with Crippen LogP contribution in [0.15, 0.2) is 30.6 Å². The molecule has 6 heteroatoms. The molecule has 4 N–H and O–H groups in total. The van der Waals surface area contributed by atoms with E-state index in [4.69, 9.17) is 17.3 Å². The number of hydrogen-bond donors (Lipinski definition) is 3. The minimum Gasteiger partial charge on any atom is -0.393 e. The zero-order valence-electron chi connectivity index (χ0n) is 13.8. The molecule has 0 spiro atoms. The maximum absolute atomic E-state index is 6.26. The lowest BCUT2D eigenvalue weighted by Gasteiger charge is -2.19. The van der Waals surface area contributed by atoms with Gasteiger partial charge in [0, 0.05) is 17.6 Å². The third-order valence-corrected chi connectivity index (χ3v) is 4.85. The number of anilines is 3. The molecule has 1 aliphatic rings. The lowest BCUT2D eigenvalue weighted by molar-refractivity contribution is 0.618. The number of halogens is 1. The molecule has 1 saturated carbocycles. The van der Waals surface area contributed by atoms with Crippen molar-refractivity contribution >= 4 is 28.9 Å². The summed E-state index contributed by atoms with van der Waals surface area (Å²) in [5.74, 6) is 1.36. The van der Waals surface area contributed by atoms with Gasteiger partial charge in [-0.1, -0.05) is 55.5 Å². The van der Waals surface area contributed by atoms with Crippen LogP contribution in [0.5, 0.6) is 0 Å². The van der Waals surface area contributed by atoms with Gasteiger partial charge in [0.2, 0.25) is 0 Å². The topological polar surface area (TPSA) is 75.9 Å². The van der Waals surface area contributed by atoms with E-state index in [-0.39, 0.29) is 0 Å². The first kappa shape index (κ1) is 16.8. The minimum absolute atomic E-state index is 0.445. The van der Waals surface area contributed by atoms with Gasteiger partial charge in [0.15, 0.2) is 11.6 Å². The molecule has 24 heavy (non-hydrogen) atoms. The molecule has 1 heterocycles. The normalized spacial score (nSPS) is 15.7. The first-order chi connectivity index (χ1) is 11.7. The Morgan fingerprint density at radius 1 is 1.04 bits per heavy atom. The fourth-order valence-electron chi connectivity index (χ4n) is 3.09. The highest BCUT2D eigenvalue weighted by Gasteiger charge is 2.15. The van der Waals surface area contributed by atoms with Gasteiger partial charge in [-0.2, -0.15) is 0 Å². The van der Waals surface area contributed by atoms with Crippen molar-refractivity contribution in [3.8, 4) is 0 Å². The van der Waals surface area contributed by atoms with Crippen LogP contribution in [0.4, 0.5) is 17.3 Å². The summed E-state index contributed by atoms with van der Waals surface area (Å²) in [5, 5.41) is 7.49. The summed E-state index contributed by atoms with van der Waals surface area (Å²) in [6.07, 6.45) is 9.06. The monoisotopic (exact) mass is 345 g/mol. The molecule has 1 aliphatic carbocycles. The van der Waals surface area contributed by atoms with Gasteiger partial charge in [-0.15, -0.1) is 0 Å². The second-order valence-corrected chi connectivity index (χ2v) is 6.67. The van der Waals surface area contributed by atoms with Crippen molar-refractivity contribution in [1.29, 1.82) is 0 Å². The lowest BCUT2D eigenvalue weighted by atomic mass is 10.1. The smallest absolute Gasteiger partial charge is 0.155 e. The fourth-order valence-corrected chi connectivity index (χ4v) is 3.29. The highest BCUT2D eigenvalue weighted by atomic mass is 35.5. The molecule has 3 rings (SSSR count). The Hall–Kier alpha value is -2.01. The molecule has 0 radical (unpaired) electrons. The first-order valence-corrected chi connectivity index (χ1v) is 8.96. The molecular formula is C18H24ClN5. The zero-order valence-corrected chi connectivity index (χ0v) is 14.5. The van der Waals surface area contributed by atoms with E-state index in [1.54, 1.807) is 6.33 Å². The van der Waals surface area contributed by atoms with Gasteiger partial charge in [-0.25, -0.2) is 9.97 Å². The predicted octanol–water partition coefficient (Wildman–Crippen LogP) is 4.46. The quantitative estimate of drug-likeness (QED) is 0.697. The summed E-state index contributed by atoms with van der Waals surface area (Å²) < 4.78 is 0. The first-order valence-electron chi connectivity index (χ1n) is 8.58. The predicted molar refractivity (Wildman–Crippen MR) is 100 cm³/mol. The third kappa shape index (κ3) is 4.29. The Bertz CT molecular complexity index is 668. The molecule has 128 valence electrons. The van der Waals surface area contributed by atoms with E-state index in [0.29, 0.717) is 24.1 Å². The highest BCUT2D eigenvalue weighted by Crippen LogP contribution is 2.27. The molecule has 0 saturated heterocycles. The molecule has 5 nitrogen and oxygen atoms in total. The number of nitrogens with zero attached hydrogens (tertiary/aromatic N) is 2. The number of aromatic nitrogens is 2. The van der Waals surface area contributed by atoms with Crippen molar-refractivity contribution in [2.75, 3.05) is 16.4 Å². The number of nitrogens with two attached hydrogens (primary N) is 1. The van der Waals surface area contributed by atoms with Crippen molar-refractivity contribution in [2.45, 2.75) is 51.1 Å². The van der Waals surface area contributed by atoms with Gasteiger partial charge in [0.25, 0.3) is 0 Å². The molecule has 0 atom stereocenters. The van der Waals surface area contributed by atoms with Crippen molar-refractivity contribution in [1.82, 2.24) is 9.97 Å². The van der Waals surface area contributed by atoms with Gasteiger partial charge in [0.05, 0.1) is 0 Å².